The first kappa shape index (κ1) is 16.2. The van der Waals surface area contributed by atoms with Gasteiger partial charge in [0.15, 0.2) is 0 Å². The summed E-state index contributed by atoms with van der Waals surface area (Å²) in [6, 6.07) is 9.69. The highest BCUT2D eigenvalue weighted by Gasteiger charge is 2.26. The molecular weight excluding hydrogens is 306 g/mol. The van der Waals surface area contributed by atoms with Crippen LogP contribution in [0.2, 0.25) is 0 Å². The molecule has 1 fully saturated rings. The van der Waals surface area contributed by atoms with E-state index in [4.69, 9.17) is 5.11 Å². The normalized spacial score (nSPS) is 20.5. The Morgan fingerprint density at radius 2 is 1.88 bits per heavy atom. The van der Waals surface area contributed by atoms with Gasteiger partial charge in [-0.2, -0.15) is 5.10 Å². The molecule has 1 saturated carbocycles. The van der Waals surface area contributed by atoms with E-state index in [1.54, 1.807) is 10.9 Å². The number of rotatable bonds is 5. The maximum absolute atomic E-state index is 12.2. The highest BCUT2D eigenvalue weighted by atomic mass is 16.4. The number of aliphatic carboxylic acids is 1. The third-order valence-corrected chi connectivity index (χ3v) is 4.51. The van der Waals surface area contributed by atoms with Crippen LogP contribution >= 0.6 is 0 Å². The van der Waals surface area contributed by atoms with Crippen molar-refractivity contribution in [1.82, 2.24) is 15.1 Å². The van der Waals surface area contributed by atoms with Gasteiger partial charge >= 0.3 is 5.97 Å². The number of hydrogen-bond acceptors (Lipinski definition) is 3. The molecule has 1 amide bonds. The molecule has 6 nitrogen and oxygen atoms in total. The van der Waals surface area contributed by atoms with Crippen LogP contribution in [0.3, 0.4) is 0 Å². The Balaban J connectivity index is 1.49. The average Bonchev–Trinajstić information content (AvgIpc) is 3.10. The Kier molecular flexibility index (Phi) is 4.93. The zero-order valence-corrected chi connectivity index (χ0v) is 13.4. The van der Waals surface area contributed by atoms with Crippen molar-refractivity contribution in [3.63, 3.8) is 0 Å². The highest BCUT2D eigenvalue weighted by molar-refractivity contribution is 5.79. The molecule has 0 aliphatic heterocycles. The van der Waals surface area contributed by atoms with E-state index < -0.39 is 5.97 Å². The first-order valence-electron chi connectivity index (χ1n) is 8.23. The number of carboxylic acid groups (broad SMARTS) is 1. The standard InChI is InChI=1S/C18H21N3O3/c22-17(20-15-6-4-14(5-7-15)18(23)24)12-13-2-8-16(9-3-13)21-11-1-10-19-21/h1-3,8-11,14-15H,4-7,12H2,(H,20,22)(H,23,24). The molecule has 0 spiro atoms. The van der Waals surface area contributed by atoms with E-state index >= 15 is 0 Å². The Hall–Kier alpha value is -2.63. The lowest BCUT2D eigenvalue weighted by Crippen LogP contribution is -2.39. The fraction of sp³-hybridized carbons (Fsp3) is 0.389. The molecule has 0 atom stereocenters. The van der Waals surface area contributed by atoms with Crippen molar-refractivity contribution in [3.05, 3.63) is 48.3 Å². The van der Waals surface area contributed by atoms with Crippen molar-refractivity contribution in [1.29, 1.82) is 0 Å². The summed E-state index contributed by atoms with van der Waals surface area (Å²) in [7, 11) is 0. The zero-order valence-electron chi connectivity index (χ0n) is 13.4. The molecule has 0 bridgehead atoms. The van der Waals surface area contributed by atoms with Crippen molar-refractivity contribution < 1.29 is 14.7 Å². The third-order valence-electron chi connectivity index (χ3n) is 4.51. The molecule has 1 aromatic carbocycles. The number of nitrogens with one attached hydrogen (secondary N) is 1. The van der Waals surface area contributed by atoms with Crippen LogP contribution in [0.1, 0.15) is 31.2 Å². The smallest absolute Gasteiger partial charge is 0.306 e. The van der Waals surface area contributed by atoms with Gasteiger partial charge in [0.25, 0.3) is 0 Å². The first-order valence-corrected chi connectivity index (χ1v) is 8.23. The summed E-state index contributed by atoms with van der Waals surface area (Å²) in [6.07, 6.45) is 6.67. The molecule has 1 aromatic heterocycles. The second-order valence-electron chi connectivity index (χ2n) is 6.25. The molecule has 2 N–H and O–H groups in total. The second kappa shape index (κ2) is 7.29. The van der Waals surface area contributed by atoms with Crippen molar-refractivity contribution in [3.8, 4) is 5.69 Å². The monoisotopic (exact) mass is 327 g/mol. The Morgan fingerprint density at radius 1 is 1.17 bits per heavy atom. The molecule has 1 aliphatic carbocycles. The van der Waals surface area contributed by atoms with E-state index in [0.717, 1.165) is 24.1 Å². The van der Waals surface area contributed by atoms with Gasteiger partial charge in [0, 0.05) is 18.4 Å². The summed E-state index contributed by atoms with van der Waals surface area (Å²) in [5.41, 5.74) is 1.90. The Bertz CT molecular complexity index is 687. The summed E-state index contributed by atoms with van der Waals surface area (Å²) in [4.78, 5) is 23.1. The predicted octanol–water partition coefficient (Wildman–Crippen LogP) is 2.17. The summed E-state index contributed by atoms with van der Waals surface area (Å²) >= 11 is 0. The predicted molar refractivity (Wildman–Crippen MR) is 88.8 cm³/mol. The fourth-order valence-electron chi connectivity index (χ4n) is 3.14. The van der Waals surface area contributed by atoms with Gasteiger partial charge in [-0.05, 0) is 49.4 Å². The number of carbonyl (C=O) groups is 2. The molecule has 1 aliphatic rings. The number of aromatic nitrogens is 2. The lowest BCUT2D eigenvalue weighted by molar-refractivity contribution is -0.142. The number of nitrogens with zero attached hydrogens (tertiary/aromatic N) is 2. The lowest BCUT2D eigenvalue weighted by atomic mass is 9.86. The van der Waals surface area contributed by atoms with Crippen LogP contribution in [0.4, 0.5) is 0 Å². The van der Waals surface area contributed by atoms with Crippen LogP contribution in [0, 0.1) is 5.92 Å². The number of hydrogen-bond donors (Lipinski definition) is 2. The van der Waals surface area contributed by atoms with Gasteiger partial charge in [-0.15, -0.1) is 0 Å². The molecule has 2 aromatic rings. The van der Waals surface area contributed by atoms with Gasteiger partial charge in [0.2, 0.25) is 5.91 Å². The summed E-state index contributed by atoms with van der Waals surface area (Å²) in [5, 5.41) is 16.2. The zero-order chi connectivity index (χ0) is 16.9. The molecule has 0 radical (unpaired) electrons. The second-order valence-corrected chi connectivity index (χ2v) is 6.25. The number of carboxylic acids is 1. The minimum absolute atomic E-state index is 0.0133. The highest BCUT2D eigenvalue weighted by Crippen LogP contribution is 2.24. The largest absolute Gasteiger partial charge is 0.481 e. The van der Waals surface area contributed by atoms with Gasteiger partial charge in [0.05, 0.1) is 18.0 Å². The molecule has 126 valence electrons. The van der Waals surface area contributed by atoms with Crippen LogP contribution in [-0.2, 0) is 16.0 Å². The van der Waals surface area contributed by atoms with Crippen molar-refractivity contribution >= 4 is 11.9 Å². The van der Waals surface area contributed by atoms with Crippen LogP contribution in [-0.4, -0.2) is 32.8 Å². The van der Waals surface area contributed by atoms with Crippen molar-refractivity contribution in [2.24, 2.45) is 5.92 Å². The molecular formula is C18H21N3O3. The van der Waals surface area contributed by atoms with Gasteiger partial charge in [-0.25, -0.2) is 4.68 Å². The summed E-state index contributed by atoms with van der Waals surface area (Å²) in [6.45, 7) is 0. The van der Waals surface area contributed by atoms with Gasteiger partial charge < -0.3 is 10.4 Å². The van der Waals surface area contributed by atoms with E-state index in [1.165, 1.54) is 0 Å². The average molecular weight is 327 g/mol. The number of carbonyl (C=O) groups excluding carboxylic acids is 1. The molecule has 0 unspecified atom stereocenters. The van der Waals surface area contributed by atoms with E-state index in [1.807, 2.05) is 36.5 Å². The quantitative estimate of drug-likeness (QED) is 0.881. The summed E-state index contributed by atoms with van der Waals surface area (Å²) in [5.74, 6) is -0.995. The maximum Gasteiger partial charge on any atom is 0.306 e. The van der Waals surface area contributed by atoms with Gasteiger partial charge in [-0.1, -0.05) is 12.1 Å². The first-order chi connectivity index (χ1) is 11.6. The maximum atomic E-state index is 12.2. The molecule has 3 rings (SSSR count). The number of benzene rings is 1. The SMILES string of the molecule is O=C(Cc1ccc(-n2cccn2)cc1)NC1CCC(C(=O)O)CC1. The van der Waals surface area contributed by atoms with Gasteiger partial charge in [-0.3, -0.25) is 9.59 Å². The minimum atomic E-state index is -0.725. The van der Waals surface area contributed by atoms with E-state index in [-0.39, 0.29) is 17.9 Å². The van der Waals surface area contributed by atoms with Crippen LogP contribution in [0.25, 0.3) is 5.69 Å². The van der Waals surface area contributed by atoms with Gasteiger partial charge in [0.1, 0.15) is 0 Å². The number of amides is 1. The van der Waals surface area contributed by atoms with Crippen molar-refractivity contribution in [2.45, 2.75) is 38.1 Å². The third kappa shape index (κ3) is 4.01. The molecule has 6 heteroatoms. The molecule has 24 heavy (non-hydrogen) atoms. The molecule has 0 saturated heterocycles. The van der Waals surface area contributed by atoms with Crippen LogP contribution < -0.4 is 5.32 Å². The van der Waals surface area contributed by atoms with Crippen LogP contribution in [0.5, 0.6) is 0 Å². The summed E-state index contributed by atoms with van der Waals surface area (Å²) < 4.78 is 1.77. The Morgan fingerprint density at radius 3 is 2.46 bits per heavy atom. The van der Waals surface area contributed by atoms with E-state index in [9.17, 15) is 9.59 Å². The minimum Gasteiger partial charge on any atom is -0.481 e. The van der Waals surface area contributed by atoms with Crippen LogP contribution in [0.15, 0.2) is 42.7 Å². The fourth-order valence-corrected chi connectivity index (χ4v) is 3.14. The topological polar surface area (TPSA) is 84.2 Å². The van der Waals surface area contributed by atoms with Crippen molar-refractivity contribution in [2.75, 3.05) is 0 Å². The Labute approximate surface area is 140 Å². The van der Waals surface area contributed by atoms with E-state index in [0.29, 0.717) is 19.3 Å². The molecule has 1 heterocycles. The van der Waals surface area contributed by atoms with E-state index in [2.05, 4.69) is 10.4 Å². The lowest BCUT2D eigenvalue weighted by Gasteiger charge is -2.26.